The van der Waals surface area contributed by atoms with Crippen LogP contribution < -0.4 is 0 Å². The van der Waals surface area contributed by atoms with Gasteiger partial charge in [-0.2, -0.15) is 0 Å². The van der Waals surface area contributed by atoms with Crippen LogP contribution in [0.5, 0.6) is 0 Å². The van der Waals surface area contributed by atoms with E-state index in [9.17, 15) is 4.57 Å². The quantitative estimate of drug-likeness (QED) is 0.562. The van der Waals surface area contributed by atoms with Crippen molar-refractivity contribution in [2.45, 2.75) is 13.0 Å². The summed E-state index contributed by atoms with van der Waals surface area (Å²) in [4.78, 5) is 0. The normalized spacial score (nSPS) is 11.4. The number of ether oxygens (including phenoxy) is 1. The van der Waals surface area contributed by atoms with E-state index in [1.807, 2.05) is 30.3 Å². The van der Waals surface area contributed by atoms with Gasteiger partial charge in [-0.25, -0.2) is 0 Å². The van der Waals surface area contributed by atoms with Crippen LogP contribution in [0.25, 0.3) is 0 Å². The molecule has 1 aromatic carbocycles. The van der Waals surface area contributed by atoms with Gasteiger partial charge in [-0.05, 0) is 16.5 Å². The van der Waals surface area contributed by atoms with Crippen molar-refractivity contribution in [3.05, 3.63) is 35.9 Å². The first-order valence-corrected chi connectivity index (χ1v) is 6.49. The van der Waals surface area contributed by atoms with Crippen LogP contribution in [0.4, 0.5) is 0 Å². The van der Waals surface area contributed by atoms with E-state index >= 15 is 0 Å². The monoisotopic (exact) mass is 243 g/mol. The molecule has 4 nitrogen and oxygen atoms in total. The smallest absolute Gasteiger partial charge is 0.377 e. The zero-order valence-electron chi connectivity index (χ0n) is 9.04. The Bertz CT molecular complexity index is 302. The Morgan fingerprint density at radius 1 is 1.19 bits per heavy atom. The Hall–Kier alpha value is -0.800. The maximum absolute atomic E-state index is 10.7. The van der Waals surface area contributed by atoms with Crippen molar-refractivity contribution in [3.63, 3.8) is 0 Å². The van der Waals surface area contributed by atoms with Crippen molar-refractivity contribution in [3.8, 4) is 0 Å². The average molecular weight is 243 g/mol. The molecule has 1 atom stereocenters. The van der Waals surface area contributed by atoms with Crippen LogP contribution >= 0.6 is 8.03 Å². The zero-order valence-corrected chi connectivity index (χ0v) is 9.94. The van der Waals surface area contributed by atoms with Crippen LogP contribution in [-0.4, -0.2) is 24.7 Å². The first kappa shape index (κ1) is 13.3. The molecule has 0 radical (unpaired) electrons. The fraction of sp³-hybridized carbons (Fsp3) is 0.455. The maximum atomic E-state index is 10.7. The van der Waals surface area contributed by atoms with E-state index in [-0.39, 0.29) is 0 Å². The predicted molar refractivity (Wildman–Crippen MR) is 61.4 cm³/mol. The van der Waals surface area contributed by atoms with Crippen molar-refractivity contribution >= 4 is 8.03 Å². The van der Waals surface area contributed by atoms with E-state index in [2.05, 4.69) is 0 Å². The van der Waals surface area contributed by atoms with E-state index in [1.54, 1.807) is 0 Å². The Morgan fingerprint density at radius 2 is 1.94 bits per heavy atom. The lowest BCUT2D eigenvalue weighted by atomic mass is 10.2. The van der Waals surface area contributed by atoms with Gasteiger partial charge in [0.15, 0.2) is 0 Å². The molecule has 1 aromatic rings. The highest BCUT2D eigenvalue weighted by molar-refractivity contribution is 7.38. The van der Waals surface area contributed by atoms with Gasteiger partial charge in [-0.15, -0.1) is 4.52 Å². The van der Waals surface area contributed by atoms with Crippen molar-refractivity contribution in [1.82, 2.24) is 0 Å². The molecule has 0 spiro atoms. The van der Waals surface area contributed by atoms with Crippen LogP contribution in [0, 0.1) is 0 Å². The largest absolute Gasteiger partial charge is 0.536 e. The highest BCUT2D eigenvalue weighted by Gasteiger charge is 2.13. The van der Waals surface area contributed by atoms with Gasteiger partial charge < -0.3 is 9.84 Å². The predicted octanol–water partition coefficient (Wildman–Crippen LogP) is 2.30. The number of benzene rings is 1. The number of hydrogen-bond acceptors (Lipinski definition) is 4. The third-order valence-electron chi connectivity index (χ3n) is 1.90. The molecule has 1 N–H and O–H groups in total. The second-order valence-corrected chi connectivity index (χ2v) is 4.41. The summed E-state index contributed by atoms with van der Waals surface area (Å²) < 4.78 is 20.9. The number of aliphatic hydroxyl groups excluding tert-OH is 1. The minimum Gasteiger partial charge on any atom is -0.377 e. The molecule has 0 bridgehead atoms. The summed E-state index contributed by atoms with van der Waals surface area (Å²) in [7, 11) is -1.89. The Balaban J connectivity index is 1.98. The maximum Gasteiger partial charge on any atom is 0.536 e. The molecule has 1 unspecified atom stereocenters. The van der Waals surface area contributed by atoms with Gasteiger partial charge in [0.05, 0.1) is 6.61 Å². The number of hydrogen-bond donors (Lipinski definition) is 1. The molecular formula is C11H16O4P+. The Morgan fingerprint density at radius 3 is 2.62 bits per heavy atom. The van der Waals surface area contributed by atoms with Crippen LogP contribution in [0.3, 0.4) is 0 Å². The van der Waals surface area contributed by atoms with Crippen LogP contribution in [0.15, 0.2) is 30.3 Å². The first-order valence-electron chi connectivity index (χ1n) is 5.13. The lowest BCUT2D eigenvalue weighted by Gasteiger charge is -2.02. The third kappa shape index (κ3) is 5.93. The Kier molecular flexibility index (Phi) is 6.93. The van der Waals surface area contributed by atoms with Crippen LogP contribution in [0.2, 0.25) is 0 Å². The number of aliphatic hydroxyl groups is 1. The van der Waals surface area contributed by atoms with Gasteiger partial charge in [0.1, 0.15) is 6.61 Å². The molecule has 0 saturated heterocycles. The highest BCUT2D eigenvalue weighted by Crippen LogP contribution is 2.19. The van der Waals surface area contributed by atoms with Gasteiger partial charge in [0.25, 0.3) is 6.35 Å². The minimum atomic E-state index is -1.89. The molecule has 0 aliphatic carbocycles. The van der Waals surface area contributed by atoms with Crippen molar-refractivity contribution in [2.24, 2.45) is 0 Å². The van der Waals surface area contributed by atoms with E-state index in [1.165, 1.54) is 0 Å². The summed E-state index contributed by atoms with van der Waals surface area (Å²) >= 11 is 0. The lowest BCUT2D eigenvalue weighted by molar-refractivity contribution is 0.108. The molecule has 0 heterocycles. The summed E-state index contributed by atoms with van der Waals surface area (Å²) in [5.41, 5.74) is 1.13. The van der Waals surface area contributed by atoms with Crippen LogP contribution in [-0.2, 0) is 20.4 Å². The fourth-order valence-electron chi connectivity index (χ4n) is 1.13. The van der Waals surface area contributed by atoms with Gasteiger partial charge in [0.2, 0.25) is 0 Å². The Labute approximate surface area is 96.1 Å². The summed E-state index contributed by atoms with van der Waals surface area (Å²) in [6, 6.07) is 9.89. The molecule has 0 saturated carbocycles. The highest BCUT2D eigenvalue weighted by atomic mass is 31.1. The van der Waals surface area contributed by atoms with Gasteiger partial charge in [-0.1, -0.05) is 30.3 Å². The fourth-order valence-corrected chi connectivity index (χ4v) is 1.55. The van der Waals surface area contributed by atoms with E-state index in [0.29, 0.717) is 26.2 Å². The topological polar surface area (TPSA) is 55.8 Å². The minimum absolute atomic E-state index is 0.352. The second-order valence-electron chi connectivity index (χ2n) is 3.20. The molecule has 0 aliphatic rings. The molecular weight excluding hydrogens is 227 g/mol. The van der Waals surface area contributed by atoms with Gasteiger partial charge in [-0.3, -0.25) is 0 Å². The summed E-state index contributed by atoms with van der Waals surface area (Å²) in [5.74, 6) is 0. The van der Waals surface area contributed by atoms with Crippen LogP contribution in [0.1, 0.15) is 12.0 Å². The zero-order chi connectivity index (χ0) is 11.6. The molecule has 0 fully saturated rings. The molecule has 0 aromatic heterocycles. The third-order valence-corrected chi connectivity index (χ3v) is 2.60. The lowest BCUT2D eigenvalue weighted by Crippen LogP contribution is -1.99. The van der Waals surface area contributed by atoms with E-state index in [4.69, 9.17) is 14.4 Å². The van der Waals surface area contributed by atoms with Crippen molar-refractivity contribution in [1.29, 1.82) is 0 Å². The SMILES string of the molecule is O=[P+](CO)OCCCOCc1ccccc1. The van der Waals surface area contributed by atoms with E-state index in [0.717, 1.165) is 5.56 Å². The first-order chi connectivity index (χ1) is 7.83. The van der Waals surface area contributed by atoms with Crippen molar-refractivity contribution < 1.29 is 18.9 Å². The summed E-state index contributed by atoms with van der Waals surface area (Å²) in [6.45, 7) is 1.49. The molecule has 88 valence electrons. The molecule has 16 heavy (non-hydrogen) atoms. The van der Waals surface area contributed by atoms with Gasteiger partial charge >= 0.3 is 8.03 Å². The van der Waals surface area contributed by atoms with E-state index < -0.39 is 14.4 Å². The van der Waals surface area contributed by atoms with Gasteiger partial charge in [0, 0.05) is 6.61 Å². The summed E-state index contributed by atoms with van der Waals surface area (Å²) in [5, 5.41) is 8.45. The van der Waals surface area contributed by atoms with Crippen molar-refractivity contribution in [2.75, 3.05) is 19.6 Å². The summed E-state index contributed by atoms with van der Waals surface area (Å²) in [6.07, 6.45) is 0.258. The standard InChI is InChI=1S/C11H16O4P/c12-10-16(13)15-8-4-7-14-9-11-5-2-1-3-6-11/h1-3,5-6,12H,4,7-10H2/q+1. The number of rotatable bonds is 8. The molecule has 0 aliphatic heterocycles. The second kappa shape index (κ2) is 8.36. The molecule has 1 rings (SSSR count). The molecule has 0 amide bonds. The average Bonchev–Trinajstić information content (AvgIpc) is 2.34. The molecule has 5 heteroatoms.